The number of nitrogens with two attached hydrogens (primary N) is 1. The number of unbranched alkanes of at least 4 members (excludes halogenated alkanes) is 3. The molecule has 1 aromatic heterocycles. The van der Waals surface area contributed by atoms with Crippen molar-refractivity contribution in [2.45, 2.75) is 58.3 Å². The summed E-state index contributed by atoms with van der Waals surface area (Å²) in [5.74, 6) is 2.62. The van der Waals surface area contributed by atoms with Gasteiger partial charge in [-0.05, 0) is 26.2 Å². The van der Waals surface area contributed by atoms with Gasteiger partial charge in [0.2, 0.25) is 5.88 Å². The van der Waals surface area contributed by atoms with E-state index in [2.05, 4.69) is 16.9 Å². The molecule has 18 heavy (non-hydrogen) atoms. The van der Waals surface area contributed by atoms with Gasteiger partial charge in [-0.15, -0.1) is 0 Å². The molecule has 4 nitrogen and oxygen atoms in total. The molecule has 0 unspecified atom stereocenters. The van der Waals surface area contributed by atoms with Crippen molar-refractivity contribution in [2.24, 2.45) is 0 Å². The number of nitrogen functional groups attached to an aromatic ring is 1. The van der Waals surface area contributed by atoms with E-state index < -0.39 is 0 Å². The molecule has 1 aliphatic carbocycles. The maximum Gasteiger partial charge on any atom is 0.221 e. The van der Waals surface area contributed by atoms with Gasteiger partial charge in [-0.3, -0.25) is 0 Å². The number of ether oxygens (including phenoxy) is 1. The molecule has 0 atom stereocenters. The summed E-state index contributed by atoms with van der Waals surface area (Å²) in [7, 11) is 0. The first-order valence-electron chi connectivity index (χ1n) is 6.99. The molecule has 2 N–H and O–H groups in total. The Morgan fingerprint density at radius 3 is 2.67 bits per heavy atom. The summed E-state index contributed by atoms with van der Waals surface area (Å²) in [4.78, 5) is 8.84. The van der Waals surface area contributed by atoms with Crippen molar-refractivity contribution in [3.63, 3.8) is 0 Å². The fraction of sp³-hybridized carbons (Fsp3) is 0.714. The van der Waals surface area contributed by atoms with Crippen LogP contribution in [0.5, 0.6) is 5.88 Å². The zero-order chi connectivity index (χ0) is 13.0. The van der Waals surface area contributed by atoms with Crippen LogP contribution in [0.1, 0.15) is 62.8 Å². The van der Waals surface area contributed by atoms with Crippen LogP contribution in [-0.2, 0) is 0 Å². The summed E-state index contributed by atoms with van der Waals surface area (Å²) in [6.45, 7) is 4.85. The standard InChI is InChI=1S/C14H23N3O/c1-3-4-5-6-9-18-14-10(2)12(15)16-13(17-14)11-7-8-11/h11H,3-9H2,1-2H3,(H2,15,16,17). The van der Waals surface area contributed by atoms with Crippen LogP contribution < -0.4 is 10.5 Å². The third-order valence-electron chi connectivity index (χ3n) is 3.34. The lowest BCUT2D eigenvalue weighted by atomic mass is 10.2. The lowest BCUT2D eigenvalue weighted by Crippen LogP contribution is -2.07. The van der Waals surface area contributed by atoms with E-state index in [0.717, 1.165) is 24.4 Å². The quantitative estimate of drug-likeness (QED) is 0.754. The molecule has 0 amide bonds. The molecule has 100 valence electrons. The molecule has 0 radical (unpaired) electrons. The van der Waals surface area contributed by atoms with Crippen molar-refractivity contribution in [3.8, 4) is 5.88 Å². The van der Waals surface area contributed by atoms with E-state index in [0.29, 0.717) is 17.6 Å². The molecule has 2 rings (SSSR count). The Bertz CT molecular complexity index is 402. The van der Waals surface area contributed by atoms with Crippen LogP contribution in [0.2, 0.25) is 0 Å². The lowest BCUT2D eigenvalue weighted by molar-refractivity contribution is 0.290. The summed E-state index contributed by atoms with van der Waals surface area (Å²) in [5.41, 5.74) is 6.78. The summed E-state index contributed by atoms with van der Waals surface area (Å²) in [5, 5.41) is 0. The predicted octanol–water partition coefficient (Wildman–Crippen LogP) is 3.20. The second-order valence-electron chi connectivity index (χ2n) is 5.08. The van der Waals surface area contributed by atoms with Crippen molar-refractivity contribution in [1.29, 1.82) is 0 Å². The van der Waals surface area contributed by atoms with Crippen molar-refractivity contribution < 1.29 is 4.74 Å². The molecule has 1 aliphatic rings. The average Bonchev–Trinajstić information content (AvgIpc) is 3.18. The molecule has 0 aliphatic heterocycles. The minimum absolute atomic E-state index is 0.510. The molecular weight excluding hydrogens is 226 g/mol. The van der Waals surface area contributed by atoms with Gasteiger partial charge in [0.25, 0.3) is 0 Å². The monoisotopic (exact) mass is 249 g/mol. The second kappa shape index (κ2) is 6.03. The Kier molecular flexibility index (Phi) is 4.39. The van der Waals surface area contributed by atoms with Crippen LogP contribution in [0.15, 0.2) is 0 Å². The molecule has 1 aromatic rings. The van der Waals surface area contributed by atoms with Crippen LogP contribution in [-0.4, -0.2) is 16.6 Å². The Morgan fingerprint density at radius 1 is 1.22 bits per heavy atom. The van der Waals surface area contributed by atoms with E-state index in [1.807, 2.05) is 6.92 Å². The Labute approximate surface area is 109 Å². The first-order valence-corrected chi connectivity index (χ1v) is 6.99. The van der Waals surface area contributed by atoms with Crippen LogP contribution in [0.25, 0.3) is 0 Å². The van der Waals surface area contributed by atoms with Gasteiger partial charge < -0.3 is 10.5 Å². The fourth-order valence-corrected chi connectivity index (χ4v) is 1.89. The Morgan fingerprint density at radius 2 is 2.00 bits per heavy atom. The van der Waals surface area contributed by atoms with Crippen LogP contribution >= 0.6 is 0 Å². The van der Waals surface area contributed by atoms with E-state index >= 15 is 0 Å². The smallest absolute Gasteiger partial charge is 0.221 e. The van der Waals surface area contributed by atoms with Crippen LogP contribution in [0, 0.1) is 6.92 Å². The topological polar surface area (TPSA) is 61.0 Å². The van der Waals surface area contributed by atoms with Crippen molar-refractivity contribution in [3.05, 3.63) is 11.4 Å². The summed E-state index contributed by atoms with van der Waals surface area (Å²) < 4.78 is 5.75. The van der Waals surface area contributed by atoms with E-state index in [4.69, 9.17) is 10.5 Å². The Hall–Kier alpha value is -1.32. The molecule has 0 bridgehead atoms. The van der Waals surface area contributed by atoms with E-state index in [1.54, 1.807) is 0 Å². The fourth-order valence-electron chi connectivity index (χ4n) is 1.89. The number of hydrogen-bond acceptors (Lipinski definition) is 4. The third-order valence-corrected chi connectivity index (χ3v) is 3.34. The van der Waals surface area contributed by atoms with Crippen molar-refractivity contribution in [1.82, 2.24) is 9.97 Å². The van der Waals surface area contributed by atoms with Gasteiger partial charge in [0.1, 0.15) is 11.6 Å². The van der Waals surface area contributed by atoms with Crippen LogP contribution in [0.3, 0.4) is 0 Å². The SMILES string of the molecule is CCCCCCOc1nc(C2CC2)nc(N)c1C. The zero-order valence-electron chi connectivity index (χ0n) is 11.4. The van der Waals surface area contributed by atoms with Crippen molar-refractivity contribution in [2.75, 3.05) is 12.3 Å². The van der Waals surface area contributed by atoms with Crippen molar-refractivity contribution >= 4 is 5.82 Å². The first-order chi connectivity index (χ1) is 8.72. The lowest BCUT2D eigenvalue weighted by Gasteiger charge is -2.11. The highest BCUT2D eigenvalue weighted by atomic mass is 16.5. The third kappa shape index (κ3) is 3.34. The number of anilines is 1. The maximum atomic E-state index is 5.91. The average molecular weight is 249 g/mol. The van der Waals surface area contributed by atoms with E-state index in [9.17, 15) is 0 Å². The summed E-state index contributed by atoms with van der Waals surface area (Å²) >= 11 is 0. The molecule has 1 saturated carbocycles. The number of aromatic nitrogens is 2. The highest BCUT2D eigenvalue weighted by Crippen LogP contribution is 2.39. The minimum atomic E-state index is 0.510. The van der Waals surface area contributed by atoms with Gasteiger partial charge in [-0.25, -0.2) is 4.98 Å². The van der Waals surface area contributed by atoms with E-state index in [1.165, 1.54) is 32.1 Å². The molecule has 4 heteroatoms. The van der Waals surface area contributed by atoms with E-state index in [-0.39, 0.29) is 0 Å². The molecule has 0 spiro atoms. The maximum absolute atomic E-state index is 5.91. The predicted molar refractivity (Wildman–Crippen MR) is 72.8 cm³/mol. The van der Waals surface area contributed by atoms with Gasteiger partial charge in [0.05, 0.1) is 12.2 Å². The zero-order valence-corrected chi connectivity index (χ0v) is 11.4. The van der Waals surface area contributed by atoms with Gasteiger partial charge in [0, 0.05) is 5.92 Å². The second-order valence-corrected chi connectivity index (χ2v) is 5.08. The number of hydrogen-bond donors (Lipinski definition) is 1. The molecule has 1 fully saturated rings. The molecule has 0 saturated heterocycles. The summed E-state index contributed by atoms with van der Waals surface area (Å²) in [6, 6.07) is 0. The molecule has 1 heterocycles. The normalized spacial score (nSPS) is 14.8. The number of rotatable bonds is 7. The van der Waals surface area contributed by atoms with Gasteiger partial charge in [-0.1, -0.05) is 26.2 Å². The van der Waals surface area contributed by atoms with Gasteiger partial charge in [-0.2, -0.15) is 4.98 Å². The summed E-state index contributed by atoms with van der Waals surface area (Å²) in [6.07, 6.45) is 7.16. The highest BCUT2D eigenvalue weighted by Gasteiger charge is 2.28. The first kappa shape index (κ1) is 13.1. The van der Waals surface area contributed by atoms with Gasteiger partial charge >= 0.3 is 0 Å². The minimum Gasteiger partial charge on any atom is -0.477 e. The van der Waals surface area contributed by atoms with Crippen LogP contribution in [0.4, 0.5) is 5.82 Å². The molecule has 0 aromatic carbocycles. The van der Waals surface area contributed by atoms with Gasteiger partial charge in [0.15, 0.2) is 0 Å². The Balaban J connectivity index is 1.93. The largest absolute Gasteiger partial charge is 0.477 e. The number of nitrogens with zero attached hydrogens (tertiary/aromatic N) is 2. The molecular formula is C14H23N3O. The highest BCUT2D eigenvalue weighted by molar-refractivity contribution is 5.45.